The predicted molar refractivity (Wildman–Crippen MR) is 102 cm³/mol. The maximum atomic E-state index is 6.24. The van der Waals surface area contributed by atoms with Crippen molar-refractivity contribution >= 4 is 18.2 Å². The lowest BCUT2D eigenvalue weighted by Gasteiger charge is -2.32. The highest BCUT2D eigenvalue weighted by Crippen LogP contribution is 2.55. The van der Waals surface area contributed by atoms with E-state index in [9.17, 15) is 0 Å². The zero-order valence-corrected chi connectivity index (χ0v) is 15.4. The SMILES string of the molecule is CC1(C)OB(c2cccc(C3=CC4C5C=CC3C=CC54)c2)OC1(C)C. The molecule has 6 rings (SSSR count). The van der Waals surface area contributed by atoms with E-state index in [1.807, 2.05) is 0 Å². The monoisotopic (exact) mass is 332 g/mol. The average Bonchev–Trinajstić information content (AvgIpc) is 3.27. The Labute approximate surface area is 150 Å². The van der Waals surface area contributed by atoms with Crippen molar-refractivity contribution in [3.63, 3.8) is 0 Å². The molecule has 3 heteroatoms. The van der Waals surface area contributed by atoms with Crippen LogP contribution in [0.5, 0.6) is 0 Å². The molecule has 128 valence electrons. The standard InChI is InChI=1S/C22H25BO2/c1-21(2)22(3,4)25-23(24-21)16-7-5-6-15(12-16)19-13-20-17-10-8-14(19)9-11-18(17)20/h5-14,17-18,20H,1-4H3. The maximum Gasteiger partial charge on any atom is 0.494 e. The minimum absolute atomic E-state index is 0.299. The molecule has 4 aliphatic carbocycles. The van der Waals surface area contributed by atoms with Crippen molar-refractivity contribution in [3.05, 3.63) is 60.2 Å². The Morgan fingerprint density at radius 2 is 1.48 bits per heavy atom. The molecule has 2 fully saturated rings. The Morgan fingerprint density at radius 1 is 0.840 bits per heavy atom. The zero-order valence-electron chi connectivity index (χ0n) is 15.4. The topological polar surface area (TPSA) is 18.5 Å². The summed E-state index contributed by atoms with van der Waals surface area (Å²) < 4.78 is 12.5. The Hall–Kier alpha value is -1.58. The number of hydrogen-bond acceptors (Lipinski definition) is 2. The minimum Gasteiger partial charge on any atom is -0.399 e. The molecule has 1 heterocycles. The summed E-state index contributed by atoms with van der Waals surface area (Å²) in [4.78, 5) is 0. The number of allylic oxidation sites excluding steroid dienone is 6. The molecular weight excluding hydrogens is 307 g/mol. The van der Waals surface area contributed by atoms with Gasteiger partial charge in [0.25, 0.3) is 0 Å². The van der Waals surface area contributed by atoms with Gasteiger partial charge in [0.1, 0.15) is 0 Å². The minimum atomic E-state index is -0.305. The van der Waals surface area contributed by atoms with E-state index in [-0.39, 0.29) is 18.3 Å². The first-order valence-corrected chi connectivity index (χ1v) is 9.40. The van der Waals surface area contributed by atoms with Crippen LogP contribution in [-0.2, 0) is 9.31 Å². The largest absolute Gasteiger partial charge is 0.494 e. The van der Waals surface area contributed by atoms with E-state index in [0.29, 0.717) is 11.8 Å². The van der Waals surface area contributed by atoms with Gasteiger partial charge in [0.2, 0.25) is 0 Å². The van der Waals surface area contributed by atoms with Crippen LogP contribution in [0.4, 0.5) is 0 Å². The fourth-order valence-corrected chi connectivity index (χ4v) is 4.34. The predicted octanol–water partition coefficient (Wildman–Crippen LogP) is 3.99. The van der Waals surface area contributed by atoms with E-state index in [0.717, 1.165) is 17.3 Å². The molecule has 2 atom stereocenters. The van der Waals surface area contributed by atoms with Gasteiger partial charge in [0, 0.05) is 5.92 Å². The van der Waals surface area contributed by atoms with Crippen molar-refractivity contribution in [1.82, 2.24) is 0 Å². The number of hydrogen-bond donors (Lipinski definition) is 0. The highest BCUT2D eigenvalue weighted by atomic mass is 16.7. The zero-order chi connectivity index (χ0) is 17.4. The van der Waals surface area contributed by atoms with Gasteiger partial charge in [-0.15, -0.1) is 0 Å². The van der Waals surface area contributed by atoms with Crippen molar-refractivity contribution in [2.24, 2.45) is 23.7 Å². The molecule has 0 amide bonds. The van der Waals surface area contributed by atoms with Crippen molar-refractivity contribution in [1.29, 1.82) is 0 Å². The van der Waals surface area contributed by atoms with Crippen LogP contribution in [0, 0.1) is 23.7 Å². The van der Waals surface area contributed by atoms with E-state index in [4.69, 9.17) is 9.31 Å². The Kier molecular flexibility index (Phi) is 3.13. The summed E-state index contributed by atoms with van der Waals surface area (Å²) >= 11 is 0. The van der Waals surface area contributed by atoms with Crippen LogP contribution >= 0.6 is 0 Å². The quantitative estimate of drug-likeness (QED) is 0.602. The Morgan fingerprint density at radius 3 is 2.12 bits per heavy atom. The van der Waals surface area contributed by atoms with Crippen LogP contribution in [0.3, 0.4) is 0 Å². The molecule has 0 aromatic heterocycles. The third-order valence-electron chi connectivity index (χ3n) is 6.75. The molecule has 2 nitrogen and oxygen atoms in total. The lowest BCUT2D eigenvalue weighted by Crippen LogP contribution is -2.41. The van der Waals surface area contributed by atoms with Crippen LogP contribution in [0.15, 0.2) is 54.6 Å². The Bertz CT molecular complexity index is 781. The molecule has 0 radical (unpaired) electrons. The number of benzene rings is 1. The van der Waals surface area contributed by atoms with Gasteiger partial charge in [-0.25, -0.2) is 0 Å². The highest BCUT2D eigenvalue weighted by Gasteiger charge is 2.52. The second-order valence-corrected chi connectivity index (χ2v) is 8.86. The van der Waals surface area contributed by atoms with Gasteiger partial charge in [0.15, 0.2) is 0 Å². The van der Waals surface area contributed by atoms with E-state index in [1.165, 1.54) is 11.1 Å². The molecule has 1 saturated carbocycles. The first-order valence-electron chi connectivity index (χ1n) is 9.40. The molecule has 1 saturated heterocycles. The molecule has 2 unspecified atom stereocenters. The van der Waals surface area contributed by atoms with E-state index in [1.54, 1.807) is 0 Å². The van der Waals surface area contributed by atoms with Gasteiger partial charge in [-0.2, -0.15) is 0 Å². The van der Waals surface area contributed by atoms with Crippen molar-refractivity contribution in [3.8, 4) is 0 Å². The summed E-state index contributed by atoms with van der Waals surface area (Å²) in [5.41, 5.74) is 3.22. The van der Waals surface area contributed by atoms with E-state index < -0.39 is 0 Å². The van der Waals surface area contributed by atoms with Crippen LogP contribution in [0.25, 0.3) is 5.57 Å². The van der Waals surface area contributed by atoms with Crippen molar-refractivity contribution < 1.29 is 9.31 Å². The summed E-state index contributed by atoms with van der Waals surface area (Å²) in [6.45, 7) is 8.41. The second kappa shape index (κ2) is 4.99. The average molecular weight is 332 g/mol. The highest BCUT2D eigenvalue weighted by molar-refractivity contribution is 6.62. The molecule has 1 aromatic rings. The first-order chi connectivity index (χ1) is 11.9. The molecule has 0 N–H and O–H groups in total. The van der Waals surface area contributed by atoms with Crippen LogP contribution in [0.1, 0.15) is 33.3 Å². The van der Waals surface area contributed by atoms with Gasteiger partial charge in [-0.3, -0.25) is 0 Å². The molecule has 4 bridgehead atoms. The maximum absolute atomic E-state index is 6.24. The summed E-state index contributed by atoms with van der Waals surface area (Å²) in [5, 5.41) is 0. The first kappa shape index (κ1) is 15.7. The van der Waals surface area contributed by atoms with Gasteiger partial charge in [-0.05, 0) is 62.0 Å². The van der Waals surface area contributed by atoms with Gasteiger partial charge in [-0.1, -0.05) is 54.6 Å². The third kappa shape index (κ3) is 2.33. The van der Waals surface area contributed by atoms with Crippen LogP contribution in [-0.4, -0.2) is 18.3 Å². The fraction of sp³-hybridized carbons (Fsp3) is 0.455. The number of rotatable bonds is 2. The fourth-order valence-electron chi connectivity index (χ4n) is 4.34. The molecule has 25 heavy (non-hydrogen) atoms. The van der Waals surface area contributed by atoms with Crippen molar-refractivity contribution in [2.75, 3.05) is 0 Å². The summed E-state index contributed by atoms with van der Waals surface area (Å²) in [7, 11) is -0.299. The Balaban J connectivity index is 1.49. The lowest BCUT2D eigenvalue weighted by atomic mass is 9.77. The summed E-state index contributed by atoms with van der Waals surface area (Å²) in [5.74, 6) is 2.54. The summed E-state index contributed by atoms with van der Waals surface area (Å²) in [6.07, 6.45) is 12.1. The van der Waals surface area contributed by atoms with Crippen molar-refractivity contribution in [2.45, 2.75) is 38.9 Å². The molecule has 0 spiro atoms. The smallest absolute Gasteiger partial charge is 0.399 e. The molecule has 1 aromatic carbocycles. The van der Waals surface area contributed by atoms with Crippen LogP contribution < -0.4 is 5.46 Å². The molecular formula is C22H25BO2. The molecule has 5 aliphatic rings. The van der Waals surface area contributed by atoms with Gasteiger partial charge >= 0.3 is 7.12 Å². The third-order valence-corrected chi connectivity index (χ3v) is 6.75. The normalized spacial score (nSPS) is 36.2. The van der Waals surface area contributed by atoms with E-state index >= 15 is 0 Å². The van der Waals surface area contributed by atoms with Crippen LogP contribution in [0.2, 0.25) is 0 Å². The van der Waals surface area contributed by atoms with E-state index in [2.05, 4.69) is 82.3 Å². The summed E-state index contributed by atoms with van der Waals surface area (Å²) in [6, 6.07) is 8.72. The second-order valence-electron chi connectivity index (χ2n) is 8.86. The van der Waals surface area contributed by atoms with Gasteiger partial charge < -0.3 is 9.31 Å². The van der Waals surface area contributed by atoms with Gasteiger partial charge in [0.05, 0.1) is 11.2 Å². The lowest BCUT2D eigenvalue weighted by molar-refractivity contribution is 0.00578. The molecule has 1 aliphatic heterocycles.